The number of carboxylic acid groups (broad SMARTS) is 1. The lowest BCUT2D eigenvalue weighted by Crippen LogP contribution is -2.04. The number of pyridine rings is 1. The molecule has 0 amide bonds. The molecule has 14 heavy (non-hydrogen) atoms. The third kappa shape index (κ3) is 1.63. The Labute approximate surface area is 88.3 Å². The van der Waals surface area contributed by atoms with Crippen LogP contribution in [-0.2, 0) is 11.2 Å². The zero-order valence-corrected chi connectivity index (χ0v) is 8.73. The molecule has 0 unspecified atom stereocenters. The Bertz CT molecular complexity index is 493. The van der Waals surface area contributed by atoms with E-state index in [4.69, 9.17) is 5.11 Å². The number of halogens is 1. The Balaban J connectivity index is 2.52. The van der Waals surface area contributed by atoms with Crippen molar-refractivity contribution in [2.75, 3.05) is 0 Å². The lowest BCUT2D eigenvalue weighted by Gasteiger charge is -1.98. The molecular weight excluding hydrogens is 248 g/mol. The Hall–Kier alpha value is -1.36. The minimum Gasteiger partial charge on any atom is -0.481 e. The second-order valence-corrected chi connectivity index (χ2v) is 3.80. The van der Waals surface area contributed by atoms with E-state index in [1.54, 1.807) is 16.8 Å². The molecule has 2 aromatic heterocycles. The molecule has 0 aliphatic rings. The first-order valence-corrected chi connectivity index (χ1v) is 4.79. The minimum absolute atomic E-state index is 0.0597. The summed E-state index contributed by atoms with van der Waals surface area (Å²) in [5.74, 6) is -0.333. The molecule has 0 aliphatic carbocycles. The summed E-state index contributed by atoms with van der Waals surface area (Å²) in [5.41, 5.74) is 0.885. The van der Waals surface area contributed by atoms with Gasteiger partial charge in [-0.05, 0) is 12.1 Å². The number of imidazole rings is 1. The highest BCUT2D eigenvalue weighted by Gasteiger charge is 2.07. The fourth-order valence-electron chi connectivity index (χ4n) is 1.29. The fraction of sp³-hybridized carbons (Fsp3) is 0.111. The smallest absolute Gasteiger partial charge is 0.311 e. The van der Waals surface area contributed by atoms with E-state index in [0.717, 1.165) is 9.99 Å². The fourth-order valence-corrected chi connectivity index (χ4v) is 1.65. The third-order valence-corrected chi connectivity index (χ3v) is 2.37. The van der Waals surface area contributed by atoms with Crippen molar-refractivity contribution in [2.45, 2.75) is 6.42 Å². The molecule has 5 heteroatoms. The van der Waals surface area contributed by atoms with Crippen LogP contribution in [-0.4, -0.2) is 20.5 Å². The minimum atomic E-state index is -0.875. The maximum Gasteiger partial charge on any atom is 0.311 e. The van der Waals surface area contributed by atoms with Crippen LogP contribution >= 0.6 is 15.9 Å². The lowest BCUT2D eigenvalue weighted by molar-refractivity contribution is -0.136. The van der Waals surface area contributed by atoms with Gasteiger partial charge in [-0.2, -0.15) is 0 Å². The topological polar surface area (TPSA) is 54.6 Å². The Morgan fingerprint density at radius 3 is 3.14 bits per heavy atom. The Morgan fingerprint density at radius 2 is 2.43 bits per heavy atom. The van der Waals surface area contributed by atoms with E-state index in [1.807, 2.05) is 12.1 Å². The highest BCUT2D eigenvalue weighted by Crippen LogP contribution is 2.14. The van der Waals surface area contributed by atoms with Crippen LogP contribution in [0.2, 0.25) is 0 Å². The van der Waals surface area contributed by atoms with Crippen molar-refractivity contribution in [3.8, 4) is 0 Å². The second kappa shape index (κ2) is 3.42. The number of rotatable bonds is 2. The average molecular weight is 255 g/mol. The van der Waals surface area contributed by atoms with Gasteiger partial charge in [0.25, 0.3) is 0 Å². The predicted octanol–water partition coefficient (Wildman–Crippen LogP) is 1.72. The SMILES string of the molecule is O=C(O)Cc1ncc2cc(Br)ccn12. The van der Waals surface area contributed by atoms with Gasteiger partial charge < -0.3 is 9.51 Å². The standard InChI is InChI=1S/C9H7BrN2O2/c10-6-1-2-12-7(3-6)5-11-8(12)4-9(13)14/h1-3,5H,4H2,(H,13,14). The molecule has 0 aromatic carbocycles. The molecule has 72 valence electrons. The number of nitrogens with zero attached hydrogens (tertiary/aromatic N) is 2. The monoisotopic (exact) mass is 254 g/mol. The summed E-state index contributed by atoms with van der Waals surface area (Å²) >= 11 is 3.34. The van der Waals surface area contributed by atoms with Crippen molar-refractivity contribution in [1.82, 2.24) is 9.38 Å². The molecule has 0 spiro atoms. The third-order valence-electron chi connectivity index (χ3n) is 1.88. The van der Waals surface area contributed by atoms with Crippen LogP contribution in [0.25, 0.3) is 5.52 Å². The Kier molecular flexibility index (Phi) is 2.25. The normalized spacial score (nSPS) is 10.6. The van der Waals surface area contributed by atoms with Gasteiger partial charge in [0.05, 0.1) is 11.7 Å². The highest BCUT2D eigenvalue weighted by molar-refractivity contribution is 9.10. The van der Waals surface area contributed by atoms with Crippen LogP contribution in [0, 0.1) is 0 Å². The van der Waals surface area contributed by atoms with Crippen LogP contribution in [0.5, 0.6) is 0 Å². The second-order valence-electron chi connectivity index (χ2n) is 2.88. The molecule has 0 fully saturated rings. The predicted molar refractivity (Wildman–Crippen MR) is 54.2 cm³/mol. The summed E-state index contributed by atoms with van der Waals surface area (Å²) in [5, 5.41) is 8.64. The lowest BCUT2D eigenvalue weighted by atomic mass is 10.4. The van der Waals surface area contributed by atoms with E-state index in [2.05, 4.69) is 20.9 Å². The molecule has 0 aliphatic heterocycles. The number of hydrogen-bond acceptors (Lipinski definition) is 2. The van der Waals surface area contributed by atoms with Gasteiger partial charge in [0.15, 0.2) is 0 Å². The molecule has 0 saturated heterocycles. The van der Waals surface area contributed by atoms with Gasteiger partial charge in [0.1, 0.15) is 12.2 Å². The van der Waals surface area contributed by atoms with E-state index in [-0.39, 0.29) is 6.42 Å². The van der Waals surface area contributed by atoms with Crippen molar-refractivity contribution in [3.05, 3.63) is 34.8 Å². The molecule has 2 rings (SSSR count). The van der Waals surface area contributed by atoms with Crippen molar-refractivity contribution in [1.29, 1.82) is 0 Å². The van der Waals surface area contributed by atoms with Crippen LogP contribution in [0.1, 0.15) is 5.82 Å². The molecule has 2 heterocycles. The first-order chi connectivity index (χ1) is 6.66. The number of hydrogen-bond donors (Lipinski definition) is 1. The number of carboxylic acids is 1. The highest BCUT2D eigenvalue weighted by atomic mass is 79.9. The summed E-state index contributed by atoms with van der Waals surface area (Å²) in [6, 6.07) is 3.73. The van der Waals surface area contributed by atoms with Gasteiger partial charge >= 0.3 is 5.97 Å². The summed E-state index contributed by atoms with van der Waals surface area (Å²) in [4.78, 5) is 14.6. The maximum atomic E-state index is 10.5. The van der Waals surface area contributed by atoms with Crippen molar-refractivity contribution in [3.63, 3.8) is 0 Å². The summed E-state index contributed by atoms with van der Waals surface area (Å²) in [6.45, 7) is 0. The molecule has 0 bridgehead atoms. The molecule has 2 aromatic rings. The van der Waals surface area contributed by atoms with E-state index in [9.17, 15) is 4.79 Å². The summed E-state index contributed by atoms with van der Waals surface area (Å²) < 4.78 is 2.71. The molecule has 1 N–H and O–H groups in total. The van der Waals surface area contributed by atoms with Crippen molar-refractivity contribution >= 4 is 27.4 Å². The van der Waals surface area contributed by atoms with Crippen LogP contribution in [0.3, 0.4) is 0 Å². The number of fused-ring (bicyclic) bond motifs is 1. The largest absolute Gasteiger partial charge is 0.481 e. The maximum absolute atomic E-state index is 10.5. The van der Waals surface area contributed by atoms with Crippen LogP contribution in [0.4, 0.5) is 0 Å². The molecule has 0 atom stereocenters. The van der Waals surface area contributed by atoms with Crippen LogP contribution in [0.15, 0.2) is 29.0 Å². The quantitative estimate of drug-likeness (QED) is 0.888. The summed E-state index contributed by atoms with van der Waals surface area (Å²) in [6.07, 6.45) is 3.39. The first-order valence-electron chi connectivity index (χ1n) is 4.00. The Morgan fingerprint density at radius 1 is 1.64 bits per heavy atom. The average Bonchev–Trinajstić information content (AvgIpc) is 2.47. The van der Waals surface area contributed by atoms with Gasteiger partial charge in [-0.1, -0.05) is 15.9 Å². The van der Waals surface area contributed by atoms with E-state index >= 15 is 0 Å². The van der Waals surface area contributed by atoms with Gasteiger partial charge in [0, 0.05) is 10.7 Å². The summed E-state index contributed by atoms with van der Waals surface area (Å²) in [7, 11) is 0. The zero-order chi connectivity index (χ0) is 10.1. The zero-order valence-electron chi connectivity index (χ0n) is 7.14. The van der Waals surface area contributed by atoms with Crippen molar-refractivity contribution in [2.24, 2.45) is 0 Å². The van der Waals surface area contributed by atoms with Gasteiger partial charge in [0.2, 0.25) is 0 Å². The van der Waals surface area contributed by atoms with E-state index in [1.165, 1.54) is 0 Å². The number of aromatic nitrogens is 2. The van der Waals surface area contributed by atoms with Gasteiger partial charge in [-0.25, -0.2) is 4.98 Å². The van der Waals surface area contributed by atoms with E-state index < -0.39 is 5.97 Å². The van der Waals surface area contributed by atoms with Gasteiger partial charge in [-0.3, -0.25) is 4.79 Å². The molecule has 4 nitrogen and oxygen atoms in total. The number of carbonyl (C=O) groups is 1. The number of aliphatic carboxylic acids is 1. The molecule has 0 radical (unpaired) electrons. The van der Waals surface area contributed by atoms with E-state index in [0.29, 0.717) is 5.82 Å². The first kappa shape index (κ1) is 9.21. The molecular formula is C9H7BrN2O2. The van der Waals surface area contributed by atoms with Gasteiger partial charge in [-0.15, -0.1) is 0 Å². The molecule has 0 saturated carbocycles. The van der Waals surface area contributed by atoms with Crippen LogP contribution < -0.4 is 0 Å². The van der Waals surface area contributed by atoms with Crippen molar-refractivity contribution < 1.29 is 9.90 Å².